The van der Waals surface area contributed by atoms with E-state index in [0.29, 0.717) is 0 Å². The van der Waals surface area contributed by atoms with Crippen LogP contribution in [0, 0.1) is 43.6 Å². The topological polar surface area (TPSA) is 49.7 Å². The molecule has 2 N–H and O–H groups in total. The molecular formula is C8H15O3U-. The predicted octanol–water partition coefficient (Wildman–Crippen LogP) is 0.316. The Morgan fingerprint density at radius 3 is 2.33 bits per heavy atom. The van der Waals surface area contributed by atoms with E-state index >= 15 is 0 Å². The van der Waals surface area contributed by atoms with Crippen molar-refractivity contribution in [3.63, 3.8) is 0 Å². The fourth-order valence-corrected chi connectivity index (χ4v) is 1.44. The van der Waals surface area contributed by atoms with Gasteiger partial charge in [0.25, 0.3) is 0 Å². The van der Waals surface area contributed by atoms with Crippen molar-refractivity contribution in [1.82, 2.24) is 0 Å². The van der Waals surface area contributed by atoms with E-state index in [1.165, 1.54) is 6.61 Å². The van der Waals surface area contributed by atoms with Gasteiger partial charge in [-0.25, -0.2) is 0 Å². The monoisotopic (exact) mass is 397 g/mol. The van der Waals surface area contributed by atoms with E-state index in [2.05, 4.69) is 0 Å². The zero-order valence-electron chi connectivity index (χ0n) is 7.45. The number of hydrogen-bond donors (Lipinski definition) is 2. The molecule has 0 amide bonds. The minimum Gasteiger partial charge on any atom is -0.543 e. The van der Waals surface area contributed by atoms with Crippen molar-refractivity contribution >= 4 is 0 Å². The summed E-state index contributed by atoms with van der Waals surface area (Å²) in [7, 11) is 0. The van der Waals surface area contributed by atoms with E-state index in [0.717, 1.165) is 6.42 Å². The molecular weight excluding hydrogens is 382 g/mol. The molecule has 0 aliphatic carbocycles. The molecule has 0 aromatic heterocycles. The van der Waals surface area contributed by atoms with Gasteiger partial charge >= 0.3 is 0 Å². The molecule has 1 rings (SSSR count). The maximum absolute atomic E-state index is 9.30. The first-order valence-electron chi connectivity index (χ1n) is 3.96. The van der Waals surface area contributed by atoms with Crippen LogP contribution in [0.15, 0.2) is 0 Å². The molecule has 70 valence electrons. The summed E-state index contributed by atoms with van der Waals surface area (Å²) < 4.78 is 5.24. The van der Waals surface area contributed by atoms with Gasteiger partial charge in [0.2, 0.25) is 0 Å². The van der Waals surface area contributed by atoms with Crippen LogP contribution in [0.5, 0.6) is 0 Å². The van der Waals surface area contributed by atoms with Crippen molar-refractivity contribution in [3.8, 4) is 0 Å². The van der Waals surface area contributed by atoms with Gasteiger partial charge in [0.1, 0.15) is 0 Å². The molecule has 1 fully saturated rings. The first kappa shape index (κ1) is 12.9. The van der Waals surface area contributed by atoms with Crippen molar-refractivity contribution in [2.24, 2.45) is 5.92 Å². The quantitative estimate of drug-likeness (QED) is 0.660. The average Bonchev–Trinajstić information content (AvgIpc) is 2.32. The van der Waals surface area contributed by atoms with Gasteiger partial charge in [-0.1, -0.05) is 13.8 Å². The standard InChI is InChI=1S/C8H15O3.U/c1-3-8(5-9)6(2)7(10)4-11-8;/h4,6-7,9-10H,3,5H2,1-2H3;/q-1;/t6-,7+,8-;/m1./s1. The number of aliphatic hydroxyl groups excluding tert-OH is 2. The molecule has 1 aliphatic rings. The van der Waals surface area contributed by atoms with Crippen molar-refractivity contribution < 1.29 is 46.1 Å². The van der Waals surface area contributed by atoms with E-state index < -0.39 is 11.7 Å². The molecule has 12 heavy (non-hydrogen) atoms. The molecule has 1 aliphatic heterocycles. The molecule has 4 heteroatoms. The Morgan fingerprint density at radius 2 is 2.17 bits per heavy atom. The summed E-state index contributed by atoms with van der Waals surface area (Å²) in [6.45, 7) is 5.20. The average molecular weight is 397 g/mol. The van der Waals surface area contributed by atoms with Gasteiger partial charge in [-0.05, 0) is 18.4 Å². The first-order valence-corrected chi connectivity index (χ1v) is 3.96. The normalized spacial score (nSPS) is 41.0. The zero-order chi connectivity index (χ0) is 8.48. The van der Waals surface area contributed by atoms with Crippen LogP contribution in [-0.2, 0) is 4.74 Å². The molecule has 1 saturated heterocycles. The summed E-state index contributed by atoms with van der Waals surface area (Å²) in [6, 6.07) is 0. The van der Waals surface area contributed by atoms with Crippen LogP contribution in [-0.4, -0.2) is 28.5 Å². The largest absolute Gasteiger partial charge is 0.543 e. The number of aliphatic hydroxyl groups is 2. The summed E-state index contributed by atoms with van der Waals surface area (Å²) in [5, 5.41) is 18.4. The van der Waals surface area contributed by atoms with Crippen LogP contribution in [0.1, 0.15) is 20.3 Å². The SMILES string of the molecule is CC[C@]1(CO)O[CH-][C@H](O)[C@H]1C.[U]. The Hall–Kier alpha value is 0.932. The van der Waals surface area contributed by atoms with Crippen LogP contribution < -0.4 is 0 Å². The fraction of sp³-hybridized carbons (Fsp3) is 0.875. The molecule has 1 heterocycles. The van der Waals surface area contributed by atoms with Crippen molar-refractivity contribution in [2.75, 3.05) is 6.61 Å². The maximum atomic E-state index is 9.30. The summed E-state index contributed by atoms with van der Waals surface area (Å²) in [4.78, 5) is 0. The smallest absolute Gasteiger partial charge is 0.0696 e. The minimum atomic E-state index is -0.542. The van der Waals surface area contributed by atoms with Crippen LogP contribution in [0.4, 0.5) is 0 Å². The van der Waals surface area contributed by atoms with Crippen LogP contribution in [0.25, 0.3) is 0 Å². The van der Waals surface area contributed by atoms with Crippen LogP contribution in [0.2, 0.25) is 0 Å². The third kappa shape index (κ3) is 2.05. The van der Waals surface area contributed by atoms with Gasteiger partial charge in [-0.15, -0.1) is 0 Å². The third-order valence-corrected chi connectivity index (χ3v) is 2.65. The molecule has 3 atom stereocenters. The maximum Gasteiger partial charge on any atom is 0.0696 e. The fourth-order valence-electron chi connectivity index (χ4n) is 1.44. The van der Waals surface area contributed by atoms with Crippen LogP contribution in [0.3, 0.4) is 0 Å². The van der Waals surface area contributed by atoms with Crippen LogP contribution >= 0.6 is 0 Å². The molecule has 0 radical (unpaired) electrons. The number of hydrogen-bond acceptors (Lipinski definition) is 3. The Bertz CT molecular complexity index is 136. The van der Waals surface area contributed by atoms with Gasteiger partial charge in [0.05, 0.1) is 12.2 Å². The summed E-state index contributed by atoms with van der Waals surface area (Å²) in [6.07, 6.45) is 0.181. The first-order chi connectivity index (χ1) is 5.16. The Kier molecular flexibility index (Phi) is 5.36. The minimum absolute atomic E-state index is 0. The van der Waals surface area contributed by atoms with Gasteiger partial charge in [-0.3, -0.25) is 0 Å². The number of rotatable bonds is 2. The molecule has 0 spiro atoms. The van der Waals surface area contributed by atoms with Gasteiger partial charge in [0, 0.05) is 31.1 Å². The predicted molar refractivity (Wildman–Crippen MR) is 40.7 cm³/mol. The van der Waals surface area contributed by atoms with Gasteiger partial charge in [-0.2, -0.15) is 6.61 Å². The molecule has 0 bridgehead atoms. The molecule has 0 aromatic rings. The van der Waals surface area contributed by atoms with Crippen molar-refractivity contribution in [2.45, 2.75) is 32.0 Å². The molecule has 0 aromatic carbocycles. The molecule has 0 unspecified atom stereocenters. The second-order valence-corrected chi connectivity index (χ2v) is 3.11. The second kappa shape index (κ2) is 4.97. The third-order valence-electron chi connectivity index (χ3n) is 2.65. The van der Waals surface area contributed by atoms with Crippen molar-refractivity contribution in [3.05, 3.63) is 6.61 Å². The Morgan fingerprint density at radius 1 is 1.58 bits per heavy atom. The van der Waals surface area contributed by atoms with Gasteiger partial charge < -0.3 is 14.9 Å². The Balaban J connectivity index is 0.00000121. The summed E-state index contributed by atoms with van der Waals surface area (Å²) in [5.74, 6) is -0.0162. The molecule has 0 saturated carbocycles. The Labute approximate surface area is 96.9 Å². The summed E-state index contributed by atoms with van der Waals surface area (Å²) in [5.41, 5.74) is -0.542. The summed E-state index contributed by atoms with van der Waals surface area (Å²) >= 11 is 0. The second-order valence-electron chi connectivity index (χ2n) is 3.11. The van der Waals surface area contributed by atoms with Crippen molar-refractivity contribution in [1.29, 1.82) is 0 Å². The number of ether oxygens (including phenoxy) is 1. The van der Waals surface area contributed by atoms with E-state index in [-0.39, 0.29) is 43.6 Å². The van der Waals surface area contributed by atoms with E-state index in [1.807, 2.05) is 13.8 Å². The van der Waals surface area contributed by atoms with E-state index in [9.17, 15) is 5.11 Å². The zero-order valence-corrected chi connectivity index (χ0v) is 11.6. The van der Waals surface area contributed by atoms with E-state index in [4.69, 9.17) is 9.84 Å². The van der Waals surface area contributed by atoms with E-state index in [1.54, 1.807) is 0 Å². The molecule has 3 nitrogen and oxygen atoms in total. The van der Waals surface area contributed by atoms with Gasteiger partial charge in [0.15, 0.2) is 0 Å².